The van der Waals surface area contributed by atoms with Crippen LogP contribution in [0.25, 0.3) is 38.5 Å². The lowest BCUT2D eigenvalue weighted by Gasteiger charge is -2.29. The summed E-state index contributed by atoms with van der Waals surface area (Å²) in [5.41, 5.74) is 7.14. The Morgan fingerprint density at radius 1 is 0.781 bits per heavy atom. The van der Waals surface area contributed by atoms with Crippen molar-refractivity contribution in [2.75, 3.05) is 4.67 Å². The Morgan fingerprint density at radius 3 is 2.34 bits per heavy atom. The molecule has 154 valence electrons. The molecule has 1 saturated carbocycles. The molecule has 5 aromatic rings. The first-order chi connectivity index (χ1) is 15.8. The van der Waals surface area contributed by atoms with Crippen LogP contribution in [0, 0.1) is 0 Å². The first-order valence-electron chi connectivity index (χ1n) is 11.6. The summed E-state index contributed by atoms with van der Waals surface area (Å²) in [6.07, 6.45) is 7.46. The standard InChI is InChI=1S/C29H23N2P/c32-31-26-16-19-7-2-1-6-18(19)15-24(26)22-13-14-25-27(29(22)31)23-12-9-17-5-3-4-8-21(17)28(23)30(25)20-10-11-20/h1-9,12-16,20,22,29H,10-11,32H2. The molecule has 1 aliphatic heterocycles. The predicted octanol–water partition coefficient (Wildman–Crippen LogP) is 7.74. The van der Waals surface area contributed by atoms with E-state index in [0.717, 1.165) is 0 Å². The first kappa shape index (κ1) is 17.5. The largest absolute Gasteiger partial charge is 0.347 e. The summed E-state index contributed by atoms with van der Waals surface area (Å²) in [5, 5.41) is 6.78. The highest BCUT2D eigenvalue weighted by molar-refractivity contribution is 7.19. The van der Waals surface area contributed by atoms with Gasteiger partial charge in [-0.15, -0.1) is 0 Å². The van der Waals surface area contributed by atoms with Gasteiger partial charge in [0, 0.05) is 39.7 Å². The van der Waals surface area contributed by atoms with E-state index in [-0.39, 0.29) is 0 Å². The Balaban J connectivity index is 1.44. The molecule has 3 unspecified atom stereocenters. The van der Waals surface area contributed by atoms with Crippen molar-refractivity contribution in [3.05, 3.63) is 95.7 Å². The Labute approximate surface area is 189 Å². The topological polar surface area (TPSA) is 8.17 Å². The molecule has 0 radical (unpaired) electrons. The molecular weight excluding hydrogens is 407 g/mol. The molecule has 2 aliphatic carbocycles. The second kappa shape index (κ2) is 6.03. The van der Waals surface area contributed by atoms with Crippen LogP contribution in [0.2, 0.25) is 0 Å². The lowest BCUT2D eigenvalue weighted by atomic mass is 9.84. The highest BCUT2D eigenvalue weighted by Gasteiger charge is 2.43. The smallest absolute Gasteiger partial charge is 0.0704 e. The Kier molecular flexibility index (Phi) is 3.29. The molecule has 0 saturated heterocycles. The van der Waals surface area contributed by atoms with Gasteiger partial charge in [-0.05, 0) is 62.2 Å². The van der Waals surface area contributed by atoms with Crippen LogP contribution in [-0.4, -0.2) is 4.57 Å². The van der Waals surface area contributed by atoms with Gasteiger partial charge < -0.3 is 9.24 Å². The van der Waals surface area contributed by atoms with Crippen LogP contribution < -0.4 is 4.67 Å². The van der Waals surface area contributed by atoms with E-state index in [1.54, 1.807) is 0 Å². The number of benzene rings is 4. The fourth-order valence-electron chi connectivity index (χ4n) is 6.26. The minimum absolute atomic E-state index is 0.315. The molecule has 2 nitrogen and oxygen atoms in total. The summed E-state index contributed by atoms with van der Waals surface area (Å²) < 4.78 is 5.12. The van der Waals surface area contributed by atoms with E-state index in [2.05, 4.69) is 104 Å². The van der Waals surface area contributed by atoms with Gasteiger partial charge in [-0.1, -0.05) is 66.7 Å². The molecule has 2 heterocycles. The van der Waals surface area contributed by atoms with Crippen molar-refractivity contribution < 1.29 is 0 Å². The maximum Gasteiger partial charge on any atom is 0.0704 e. The van der Waals surface area contributed by atoms with Crippen LogP contribution >= 0.6 is 9.39 Å². The van der Waals surface area contributed by atoms with Crippen molar-refractivity contribution in [1.29, 1.82) is 0 Å². The fourth-order valence-corrected chi connectivity index (χ4v) is 6.82. The van der Waals surface area contributed by atoms with Crippen LogP contribution in [0.15, 0.2) is 78.9 Å². The molecule has 3 atom stereocenters. The zero-order valence-corrected chi connectivity index (χ0v) is 18.9. The zero-order valence-electron chi connectivity index (χ0n) is 17.7. The van der Waals surface area contributed by atoms with E-state index in [1.165, 1.54) is 67.8 Å². The highest BCUT2D eigenvalue weighted by atomic mass is 31.0. The highest BCUT2D eigenvalue weighted by Crippen LogP contribution is 2.58. The molecular formula is C29H23N2P. The summed E-state index contributed by atoms with van der Waals surface area (Å²) in [4.78, 5) is 0. The van der Waals surface area contributed by atoms with Crippen molar-refractivity contribution in [3.63, 3.8) is 0 Å². The van der Waals surface area contributed by atoms with Gasteiger partial charge in [-0.3, -0.25) is 0 Å². The van der Waals surface area contributed by atoms with Gasteiger partial charge in [0.2, 0.25) is 0 Å². The molecule has 4 aromatic carbocycles. The van der Waals surface area contributed by atoms with Crippen LogP contribution in [0.3, 0.4) is 0 Å². The van der Waals surface area contributed by atoms with Gasteiger partial charge in [0.05, 0.1) is 11.6 Å². The quantitative estimate of drug-likeness (QED) is 0.247. The van der Waals surface area contributed by atoms with Crippen LogP contribution in [0.4, 0.5) is 5.69 Å². The van der Waals surface area contributed by atoms with Crippen LogP contribution in [-0.2, 0) is 0 Å². The maximum absolute atomic E-state index is 3.06. The van der Waals surface area contributed by atoms with Crippen molar-refractivity contribution in [2.24, 2.45) is 0 Å². The van der Waals surface area contributed by atoms with Gasteiger partial charge in [0.25, 0.3) is 0 Å². The lowest BCUT2D eigenvalue weighted by Crippen LogP contribution is -2.19. The molecule has 3 heteroatoms. The first-order valence-corrected chi connectivity index (χ1v) is 12.1. The van der Waals surface area contributed by atoms with Crippen LogP contribution in [0.1, 0.15) is 47.7 Å². The summed E-state index contributed by atoms with van der Waals surface area (Å²) in [7, 11) is 3.06. The molecule has 0 amide bonds. The molecule has 32 heavy (non-hydrogen) atoms. The van der Waals surface area contributed by atoms with E-state index in [4.69, 9.17) is 0 Å². The number of hydrogen-bond acceptors (Lipinski definition) is 1. The minimum atomic E-state index is 0.315. The minimum Gasteiger partial charge on any atom is -0.347 e. The molecule has 8 rings (SSSR count). The number of fused-ring (bicyclic) bond motifs is 10. The molecule has 3 aliphatic rings. The second-order valence-electron chi connectivity index (χ2n) is 9.58. The van der Waals surface area contributed by atoms with E-state index in [0.29, 0.717) is 18.0 Å². The third-order valence-electron chi connectivity index (χ3n) is 7.81. The third-order valence-corrected chi connectivity index (χ3v) is 8.41. The molecule has 0 bridgehead atoms. The van der Waals surface area contributed by atoms with Gasteiger partial charge >= 0.3 is 0 Å². The maximum atomic E-state index is 3.06. The lowest BCUT2D eigenvalue weighted by molar-refractivity contribution is 0.678. The van der Waals surface area contributed by atoms with E-state index >= 15 is 0 Å². The predicted molar refractivity (Wildman–Crippen MR) is 138 cm³/mol. The summed E-state index contributed by atoms with van der Waals surface area (Å²) in [6, 6.07) is 28.0. The monoisotopic (exact) mass is 430 g/mol. The van der Waals surface area contributed by atoms with E-state index in [9.17, 15) is 0 Å². The average molecular weight is 430 g/mol. The Morgan fingerprint density at radius 2 is 1.53 bits per heavy atom. The van der Waals surface area contributed by atoms with E-state index < -0.39 is 0 Å². The average Bonchev–Trinajstić information content (AvgIpc) is 3.57. The molecule has 1 aromatic heterocycles. The second-order valence-corrected chi connectivity index (χ2v) is 10.1. The molecule has 0 N–H and O–H groups in total. The summed E-state index contributed by atoms with van der Waals surface area (Å²) >= 11 is 0. The third kappa shape index (κ3) is 2.14. The number of nitrogens with zero attached hydrogens (tertiary/aromatic N) is 2. The van der Waals surface area contributed by atoms with Gasteiger partial charge in [0.15, 0.2) is 0 Å². The number of hydrogen-bond donors (Lipinski definition) is 0. The molecule has 1 fully saturated rings. The van der Waals surface area contributed by atoms with Gasteiger partial charge in [-0.25, -0.2) is 0 Å². The van der Waals surface area contributed by atoms with Gasteiger partial charge in [-0.2, -0.15) is 0 Å². The van der Waals surface area contributed by atoms with Gasteiger partial charge in [0.1, 0.15) is 0 Å². The summed E-state index contributed by atoms with van der Waals surface area (Å²) in [5.74, 6) is 0.379. The Bertz CT molecular complexity index is 1620. The van der Waals surface area contributed by atoms with Crippen molar-refractivity contribution in [1.82, 2.24) is 4.57 Å². The zero-order chi connectivity index (χ0) is 21.0. The van der Waals surface area contributed by atoms with E-state index in [1.807, 2.05) is 0 Å². The Hall–Kier alpha value is -3.09. The number of rotatable bonds is 1. The summed E-state index contributed by atoms with van der Waals surface area (Å²) in [6.45, 7) is 0. The van der Waals surface area contributed by atoms with Crippen molar-refractivity contribution in [3.8, 4) is 0 Å². The van der Waals surface area contributed by atoms with Crippen molar-refractivity contribution in [2.45, 2.75) is 30.8 Å². The van der Waals surface area contributed by atoms with Crippen LogP contribution in [0.5, 0.6) is 0 Å². The number of aromatic nitrogens is 1. The molecule has 0 spiro atoms. The SMILES string of the molecule is PN1c2cc3ccccc3cc2C2C=Cc3c(c4ccc5ccccc5c4n3C3CC3)C21. The van der Waals surface area contributed by atoms with Crippen molar-refractivity contribution >= 4 is 53.6 Å². The number of anilines is 1. The normalized spacial score (nSPS) is 21.3. The fraction of sp³-hybridized carbons (Fsp3) is 0.172.